The number of carbonyl (C=O) groups is 1. The first kappa shape index (κ1) is 31.9. The van der Waals surface area contributed by atoms with Crippen molar-refractivity contribution < 1.29 is 19.2 Å². The third-order valence-corrected chi connectivity index (χ3v) is 9.37. The summed E-state index contributed by atoms with van der Waals surface area (Å²) < 4.78 is 13.1. The molecule has 1 aromatic heterocycles. The lowest BCUT2D eigenvalue weighted by atomic mass is 9.93. The lowest BCUT2D eigenvalue weighted by Crippen LogP contribution is -2.44. The van der Waals surface area contributed by atoms with Gasteiger partial charge in [-0.1, -0.05) is 11.3 Å². The number of benzene rings is 2. The van der Waals surface area contributed by atoms with Crippen molar-refractivity contribution in [1.82, 2.24) is 14.4 Å². The highest BCUT2D eigenvalue weighted by Crippen LogP contribution is 2.38. The minimum atomic E-state index is -0.844. The van der Waals surface area contributed by atoms with Gasteiger partial charge in [-0.3, -0.25) is 24.3 Å². The summed E-state index contributed by atoms with van der Waals surface area (Å²) in [7, 11) is 5.15. The zero-order valence-electron chi connectivity index (χ0n) is 26.4. The van der Waals surface area contributed by atoms with Crippen molar-refractivity contribution in [2.45, 2.75) is 26.8 Å². The minimum Gasteiger partial charge on any atom is -0.497 e. The maximum absolute atomic E-state index is 14.4. The fourth-order valence-electron chi connectivity index (χ4n) is 5.87. The number of piperazine rings is 1. The molecule has 0 aliphatic carbocycles. The quantitative estimate of drug-likeness (QED) is 0.260. The molecule has 12 nitrogen and oxygen atoms in total. The number of thiazole rings is 1. The van der Waals surface area contributed by atoms with Crippen molar-refractivity contribution in [1.29, 1.82) is 0 Å². The monoisotopic (exact) mass is 634 g/mol. The van der Waals surface area contributed by atoms with E-state index in [9.17, 15) is 19.7 Å². The lowest BCUT2D eigenvalue weighted by Gasteiger charge is -2.34. The molecule has 2 aromatic carbocycles. The Kier molecular flexibility index (Phi) is 9.40. The van der Waals surface area contributed by atoms with Crippen LogP contribution in [-0.2, 0) is 4.79 Å². The number of nitrogens with zero attached hydrogens (tertiary/aromatic N) is 6. The van der Waals surface area contributed by atoms with Gasteiger partial charge in [-0.25, -0.2) is 4.99 Å². The smallest absolute Gasteiger partial charge is 0.271 e. The molecule has 3 heterocycles. The van der Waals surface area contributed by atoms with Gasteiger partial charge in [0.25, 0.3) is 17.2 Å². The number of rotatable bonds is 9. The van der Waals surface area contributed by atoms with Gasteiger partial charge in [0.1, 0.15) is 17.5 Å². The Balaban J connectivity index is 1.76. The van der Waals surface area contributed by atoms with Crippen molar-refractivity contribution in [2.24, 2.45) is 4.99 Å². The fraction of sp³-hybridized carbons (Fsp3) is 0.406. The molecule has 238 valence electrons. The largest absolute Gasteiger partial charge is 0.497 e. The van der Waals surface area contributed by atoms with E-state index in [0.717, 1.165) is 31.9 Å². The first-order valence-electron chi connectivity index (χ1n) is 14.9. The second-order valence-corrected chi connectivity index (χ2v) is 12.0. The maximum atomic E-state index is 14.4. The number of methoxy groups -OCH3 is 2. The van der Waals surface area contributed by atoms with Crippen molar-refractivity contribution in [2.75, 3.05) is 65.4 Å². The number of allylic oxidation sites excluding steroid dienone is 1. The van der Waals surface area contributed by atoms with Gasteiger partial charge in [0.2, 0.25) is 0 Å². The van der Waals surface area contributed by atoms with E-state index >= 15 is 0 Å². The first-order chi connectivity index (χ1) is 21.6. The van der Waals surface area contributed by atoms with E-state index in [2.05, 4.69) is 16.8 Å². The van der Waals surface area contributed by atoms with Crippen LogP contribution < -0.4 is 29.3 Å². The van der Waals surface area contributed by atoms with Crippen LogP contribution >= 0.6 is 11.3 Å². The van der Waals surface area contributed by atoms with Crippen LogP contribution in [0, 0.1) is 10.1 Å². The Bertz CT molecular complexity index is 1830. The molecule has 2 aliphatic rings. The van der Waals surface area contributed by atoms with E-state index < -0.39 is 11.0 Å². The van der Waals surface area contributed by atoms with Crippen LogP contribution in [-0.4, -0.2) is 85.7 Å². The number of amides is 1. The molecule has 1 saturated heterocycles. The number of ether oxygens (including phenoxy) is 2. The van der Waals surface area contributed by atoms with Gasteiger partial charge in [0.15, 0.2) is 4.80 Å². The highest BCUT2D eigenvalue weighted by atomic mass is 32.1. The summed E-state index contributed by atoms with van der Waals surface area (Å²) in [5.74, 6) is 0.818. The number of nitro benzene ring substituents is 1. The Morgan fingerprint density at radius 3 is 2.44 bits per heavy atom. The molecule has 1 fully saturated rings. The molecule has 0 radical (unpaired) electrons. The third kappa shape index (κ3) is 6.09. The summed E-state index contributed by atoms with van der Waals surface area (Å²) in [6, 6.07) is 9.21. The molecular formula is C32H38N6O6S. The van der Waals surface area contributed by atoms with Crippen molar-refractivity contribution in [3.05, 3.63) is 88.6 Å². The van der Waals surface area contributed by atoms with E-state index in [1.807, 2.05) is 13.8 Å². The number of hydrogen-bond acceptors (Lipinski definition) is 10. The molecule has 1 atom stereocenters. The summed E-state index contributed by atoms with van der Waals surface area (Å²) in [5, 5.41) is 11.7. The predicted octanol–water partition coefficient (Wildman–Crippen LogP) is 2.78. The Labute approximate surface area is 265 Å². The number of hydrogen-bond donors (Lipinski definition) is 0. The van der Waals surface area contributed by atoms with Crippen LogP contribution in [0.5, 0.6) is 11.5 Å². The van der Waals surface area contributed by atoms with Crippen LogP contribution in [0.4, 0.5) is 11.4 Å². The number of carbonyl (C=O) groups excluding carboxylic acids is 1. The van der Waals surface area contributed by atoms with Crippen LogP contribution in [0.15, 0.2) is 57.5 Å². The molecule has 0 saturated carbocycles. The maximum Gasteiger partial charge on any atom is 0.271 e. The minimum absolute atomic E-state index is 0.0613. The van der Waals surface area contributed by atoms with Gasteiger partial charge < -0.3 is 24.2 Å². The second-order valence-electron chi connectivity index (χ2n) is 11.0. The molecule has 3 aromatic rings. The van der Waals surface area contributed by atoms with Gasteiger partial charge >= 0.3 is 0 Å². The molecule has 0 spiro atoms. The van der Waals surface area contributed by atoms with Gasteiger partial charge in [0.05, 0.1) is 34.9 Å². The van der Waals surface area contributed by atoms with Gasteiger partial charge in [-0.2, -0.15) is 0 Å². The standard InChI is InChI=1S/C32H38N6O6S/c1-7-35(8-2)31(40)28-20(3)33-32-37(29(28)24-19-23(43-5)10-12-26(24)44-6)30(39)27(45-32)18-21-17-22(38(41)42)9-11-25(21)36-15-13-34(4)14-16-36/h9-12,17-19,29H,7-8,13-16H2,1-6H3/b27-18-/t29-/m1/s1. The van der Waals surface area contributed by atoms with E-state index in [0.29, 0.717) is 56.3 Å². The van der Waals surface area contributed by atoms with E-state index in [1.165, 1.54) is 28.0 Å². The molecule has 1 amide bonds. The zero-order valence-corrected chi connectivity index (χ0v) is 27.2. The van der Waals surface area contributed by atoms with Gasteiger partial charge in [0, 0.05) is 68.2 Å². The average molecular weight is 635 g/mol. The SMILES string of the molecule is CCN(CC)C(=O)C1=C(C)N=c2s/c(=C\c3cc([N+](=O)[O-])ccc3N3CCN(C)CC3)c(=O)n2[C@@H]1c1cc(OC)ccc1OC. The van der Waals surface area contributed by atoms with Crippen LogP contribution in [0.2, 0.25) is 0 Å². The molecule has 0 unspecified atom stereocenters. The molecule has 45 heavy (non-hydrogen) atoms. The Morgan fingerprint density at radius 1 is 1.11 bits per heavy atom. The van der Waals surface area contributed by atoms with E-state index in [1.54, 1.807) is 56.4 Å². The van der Waals surface area contributed by atoms with Crippen molar-refractivity contribution in [3.63, 3.8) is 0 Å². The van der Waals surface area contributed by atoms with Crippen LogP contribution in [0.25, 0.3) is 6.08 Å². The number of aromatic nitrogens is 1. The van der Waals surface area contributed by atoms with Gasteiger partial charge in [-0.15, -0.1) is 0 Å². The average Bonchev–Trinajstić information content (AvgIpc) is 3.34. The number of nitro groups is 1. The number of likely N-dealkylation sites (N-methyl/N-ethyl adjacent to an activating group) is 2. The summed E-state index contributed by atoms with van der Waals surface area (Å²) >= 11 is 1.19. The summed E-state index contributed by atoms with van der Waals surface area (Å²) in [5.41, 5.74) is 2.43. The zero-order chi connectivity index (χ0) is 32.4. The Hall–Kier alpha value is -4.49. The molecular weight excluding hydrogens is 596 g/mol. The normalized spacial score (nSPS) is 17.2. The predicted molar refractivity (Wildman–Crippen MR) is 174 cm³/mol. The number of fused-ring (bicyclic) bond motifs is 1. The van der Waals surface area contributed by atoms with E-state index in [-0.39, 0.29) is 17.2 Å². The van der Waals surface area contributed by atoms with Gasteiger partial charge in [-0.05, 0) is 58.2 Å². The third-order valence-electron chi connectivity index (χ3n) is 8.39. The molecule has 0 bridgehead atoms. The Morgan fingerprint density at radius 2 is 1.82 bits per heavy atom. The summed E-state index contributed by atoms with van der Waals surface area (Å²) in [6.45, 7) is 9.77. The summed E-state index contributed by atoms with van der Waals surface area (Å²) in [4.78, 5) is 51.0. The molecule has 13 heteroatoms. The summed E-state index contributed by atoms with van der Waals surface area (Å²) in [6.07, 6.45) is 1.70. The number of anilines is 1. The topological polar surface area (TPSA) is 123 Å². The lowest BCUT2D eigenvalue weighted by molar-refractivity contribution is -0.384. The first-order valence-corrected chi connectivity index (χ1v) is 15.7. The van der Waals surface area contributed by atoms with Crippen LogP contribution in [0.3, 0.4) is 0 Å². The number of non-ortho nitro benzene ring substituents is 1. The second kappa shape index (κ2) is 13.2. The van der Waals surface area contributed by atoms with Crippen molar-refractivity contribution in [3.8, 4) is 11.5 Å². The molecule has 5 rings (SSSR count). The molecule has 2 aliphatic heterocycles. The van der Waals surface area contributed by atoms with Crippen LogP contribution in [0.1, 0.15) is 37.9 Å². The van der Waals surface area contributed by atoms with Crippen molar-refractivity contribution >= 4 is 34.7 Å². The fourth-order valence-corrected chi connectivity index (χ4v) is 6.91. The highest BCUT2D eigenvalue weighted by Gasteiger charge is 2.36. The highest BCUT2D eigenvalue weighted by molar-refractivity contribution is 7.07. The molecule has 0 N–H and O–H groups in total. The van der Waals surface area contributed by atoms with E-state index in [4.69, 9.17) is 14.5 Å².